The summed E-state index contributed by atoms with van der Waals surface area (Å²) in [7, 11) is 0. The molecule has 5 nitrogen and oxygen atoms in total. The predicted octanol–water partition coefficient (Wildman–Crippen LogP) is 3.82. The number of carbonyl (C=O) groups excluding carboxylic acids is 1. The smallest absolute Gasteiger partial charge is 0.252 e. The van der Waals surface area contributed by atoms with E-state index in [2.05, 4.69) is 17.4 Å². The molecule has 0 radical (unpaired) electrons. The molecule has 0 fully saturated rings. The van der Waals surface area contributed by atoms with E-state index in [4.69, 9.17) is 10.5 Å². The van der Waals surface area contributed by atoms with Gasteiger partial charge < -0.3 is 20.9 Å². The Balaban J connectivity index is 1.43. The van der Waals surface area contributed by atoms with Gasteiger partial charge in [-0.05, 0) is 53.8 Å². The summed E-state index contributed by atoms with van der Waals surface area (Å²) in [6, 6.07) is 14.4. The summed E-state index contributed by atoms with van der Waals surface area (Å²) >= 11 is 0. The van der Waals surface area contributed by atoms with Crippen LogP contribution in [0.25, 0.3) is 0 Å². The zero-order valence-electron chi connectivity index (χ0n) is 16.0. The molecule has 1 aliphatic rings. The number of phenols is 1. The second kappa shape index (κ2) is 8.12. The van der Waals surface area contributed by atoms with Crippen molar-refractivity contribution in [3.8, 4) is 17.2 Å². The first-order valence-corrected chi connectivity index (χ1v) is 9.49. The number of carbonyl (C=O) groups is 1. The molecule has 0 unspecified atom stereocenters. The van der Waals surface area contributed by atoms with Crippen molar-refractivity contribution in [1.29, 1.82) is 0 Å². The van der Waals surface area contributed by atoms with Gasteiger partial charge in [0, 0.05) is 18.7 Å². The first-order chi connectivity index (χ1) is 14.4. The summed E-state index contributed by atoms with van der Waals surface area (Å²) in [6.45, 7) is 0.320. The Hall–Kier alpha value is -3.45. The number of aromatic hydroxyl groups is 1. The maximum absolute atomic E-state index is 14.5. The Morgan fingerprint density at radius 1 is 1.07 bits per heavy atom. The van der Waals surface area contributed by atoms with Crippen molar-refractivity contribution >= 4 is 5.91 Å². The third-order valence-corrected chi connectivity index (χ3v) is 5.16. The van der Waals surface area contributed by atoms with Gasteiger partial charge >= 0.3 is 0 Å². The minimum absolute atomic E-state index is 0.0232. The van der Waals surface area contributed by atoms with Gasteiger partial charge in [0.15, 0.2) is 17.4 Å². The quantitative estimate of drug-likeness (QED) is 0.577. The van der Waals surface area contributed by atoms with Crippen LogP contribution in [0.4, 0.5) is 8.78 Å². The highest BCUT2D eigenvalue weighted by Gasteiger charge is 2.21. The van der Waals surface area contributed by atoms with E-state index in [1.165, 1.54) is 35.4 Å². The molecule has 30 heavy (non-hydrogen) atoms. The lowest BCUT2D eigenvalue weighted by Gasteiger charge is -2.14. The van der Waals surface area contributed by atoms with Crippen molar-refractivity contribution in [2.45, 2.75) is 25.4 Å². The molecule has 3 aromatic rings. The summed E-state index contributed by atoms with van der Waals surface area (Å²) in [5, 5.41) is 13.1. The average Bonchev–Trinajstić information content (AvgIpc) is 3.12. The van der Waals surface area contributed by atoms with Crippen LogP contribution in [-0.2, 0) is 19.4 Å². The van der Waals surface area contributed by atoms with Gasteiger partial charge in [-0.3, -0.25) is 4.79 Å². The first kappa shape index (κ1) is 19.8. The van der Waals surface area contributed by atoms with E-state index >= 15 is 0 Å². The first-order valence-electron chi connectivity index (χ1n) is 9.49. The molecule has 0 spiro atoms. The maximum atomic E-state index is 14.5. The van der Waals surface area contributed by atoms with E-state index < -0.39 is 29.0 Å². The molecule has 4 rings (SSSR count). The van der Waals surface area contributed by atoms with Gasteiger partial charge in [-0.2, -0.15) is 0 Å². The Morgan fingerprint density at radius 3 is 2.27 bits per heavy atom. The molecule has 7 heteroatoms. The SMILES string of the molecule is NC(=O)c1ccc(Oc2c(F)cc(CNC3Cc4ccccc4C3)cc2F)cc1O. The summed E-state index contributed by atoms with van der Waals surface area (Å²) in [6.07, 6.45) is 1.76. The van der Waals surface area contributed by atoms with Gasteiger partial charge in [0.1, 0.15) is 11.5 Å². The number of amides is 1. The topological polar surface area (TPSA) is 84.6 Å². The van der Waals surface area contributed by atoms with Crippen LogP contribution < -0.4 is 15.8 Å². The van der Waals surface area contributed by atoms with Gasteiger partial charge in [-0.15, -0.1) is 0 Å². The van der Waals surface area contributed by atoms with Crippen LogP contribution in [0, 0.1) is 11.6 Å². The molecular weight excluding hydrogens is 390 g/mol. The zero-order chi connectivity index (χ0) is 21.3. The number of ether oxygens (including phenoxy) is 1. The van der Waals surface area contributed by atoms with E-state index in [0.717, 1.165) is 18.9 Å². The van der Waals surface area contributed by atoms with Crippen LogP contribution in [0.3, 0.4) is 0 Å². The minimum Gasteiger partial charge on any atom is -0.507 e. The Kier molecular flexibility index (Phi) is 5.37. The fraction of sp³-hybridized carbons (Fsp3) is 0.174. The number of benzene rings is 3. The summed E-state index contributed by atoms with van der Waals surface area (Å²) in [4.78, 5) is 11.2. The van der Waals surface area contributed by atoms with E-state index in [0.29, 0.717) is 12.1 Å². The third kappa shape index (κ3) is 4.11. The van der Waals surface area contributed by atoms with Gasteiger partial charge in [-0.1, -0.05) is 24.3 Å². The Bertz CT molecular complexity index is 1070. The van der Waals surface area contributed by atoms with Gasteiger partial charge in [0.05, 0.1) is 5.56 Å². The fourth-order valence-corrected chi connectivity index (χ4v) is 3.68. The zero-order valence-corrected chi connectivity index (χ0v) is 16.0. The van der Waals surface area contributed by atoms with Crippen molar-refractivity contribution in [2.75, 3.05) is 0 Å². The van der Waals surface area contributed by atoms with Gasteiger partial charge in [0.2, 0.25) is 0 Å². The van der Waals surface area contributed by atoms with Gasteiger partial charge in [-0.25, -0.2) is 8.78 Å². The Labute approximate surface area is 172 Å². The molecule has 1 amide bonds. The second-order valence-electron chi connectivity index (χ2n) is 7.29. The minimum atomic E-state index is -0.861. The van der Waals surface area contributed by atoms with Crippen LogP contribution in [0.5, 0.6) is 17.2 Å². The summed E-state index contributed by atoms with van der Waals surface area (Å²) < 4.78 is 34.2. The predicted molar refractivity (Wildman–Crippen MR) is 108 cm³/mol. The maximum Gasteiger partial charge on any atom is 0.252 e. The average molecular weight is 410 g/mol. The molecule has 4 N–H and O–H groups in total. The number of hydrogen-bond donors (Lipinski definition) is 3. The molecule has 154 valence electrons. The normalized spacial score (nSPS) is 13.3. The largest absolute Gasteiger partial charge is 0.507 e. The standard InChI is InChI=1S/C23H20F2N2O3/c24-19-7-13(12-27-16-9-14-3-1-2-4-15(14)10-16)8-20(25)22(19)30-17-5-6-18(23(26)29)21(28)11-17/h1-8,11,16,27-28H,9-10,12H2,(H2,26,29). The number of nitrogens with two attached hydrogens (primary N) is 1. The third-order valence-electron chi connectivity index (χ3n) is 5.16. The van der Waals surface area contributed by atoms with Crippen molar-refractivity contribution < 1.29 is 23.4 Å². The van der Waals surface area contributed by atoms with E-state index in [1.54, 1.807) is 0 Å². The van der Waals surface area contributed by atoms with Crippen molar-refractivity contribution in [1.82, 2.24) is 5.32 Å². The molecule has 0 atom stereocenters. The number of nitrogens with one attached hydrogen (secondary N) is 1. The van der Waals surface area contributed by atoms with Crippen LogP contribution in [0.1, 0.15) is 27.0 Å². The number of halogens is 2. The van der Waals surface area contributed by atoms with Crippen LogP contribution >= 0.6 is 0 Å². The number of primary amides is 1. The van der Waals surface area contributed by atoms with Crippen LogP contribution in [0.15, 0.2) is 54.6 Å². The molecule has 3 aromatic carbocycles. The Morgan fingerprint density at radius 2 is 1.70 bits per heavy atom. The number of rotatable bonds is 6. The molecule has 0 saturated heterocycles. The van der Waals surface area contributed by atoms with Gasteiger partial charge in [0.25, 0.3) is 5.91 Å². The highest BCUT2D eigenvalue weighted by Crippen LogP contribution is 2.32. The number of fused-ring (bicyclic) bond motifs is 1. The van der Waals surface area contributed by atoms with Crippen molar-refractivity contribution in [2.24, 2.45) is 5.73 Å². The van der Waals surface area contributed by atoms with Crippen molar-refractivity contribution in [3.63, 3.8) is 0 Å². The molecule has 0 bridgehead atoms. The fourth-order valence-electron chi connectivity index (χ4n) is 3.68. The molecule has 0 saturated carbocycles. The van der Waals surface area contributed by atoms with E-state index in [1.807, 2.05) is 12.1 Å². The molecular formula is C23H20F2N2O3. The lowest BCUT2D eigenvalue weighted by atomic mass is 10.1. The highest BCUT2D eigenvalue weighted by atomic mass is 19.1. The number of hydrogen-bond acceptors (Lipinski definition) is 4. The monoisotopic (exact) mass is 410 g/mol. The molecule has 0 heterocycles. The highest BCUT2D eigenvalue weighted by molar-refractivity contribution is 5.95. The lowest BCUT2D eigenvalue weighted by Crippen LogP contribution is -2.29. The molecule has 0 aliphatic heterocycles. The van der Waals surface area contributed by atoms with Crippen LogP contribution in [0.2, 0.25) is 0 Å². The molecule has 0 aromatic heterocycles. The summed E-state index contributed by atoms with van der Waals surface area (Å²) in [5.41, 5.74) is 8.05. The van der Waals surface area contributed by atoms with Crippen LogP contribution in [-0.4, -0.2) is 17.1 Å². The van der Waals surface area contributed by atoms with E-state index in [9.17, 15) is 18.7 Å². The summed E-state index contributed by atoms with van der Waals surface area (Å²) in [5.74, 6) is -3.58. The van der Waals surface area contributed by atoms with E-state index in [-0.39, 0.29) is 17.4 Å². The molecule has 1 aliphatic carbocycles. The van der Waals surface area contributed by atoms with Crippen molar-refractivity contribution in [3.05, 3.63) is 88.5 Å². The lowest BCUT2D eigenvalue weighted by molar-refractivity contribution is 0.0997. The second-order valence-corrected chi connectivity index (χ2v) is 7.29.